The summed E-state index contributed by atoms with van der Waals surface area (Å²) in [4.78, 5) is 25.0. The summed E-state index contributed by atoms with van der Waals surface area (Å²) < 4.78 is 21.4. The van der Waals surface area contributed by atoms with Gasteiger partial charge in [-0.3, -0.25) is 9.59 Å². The summed E-state index contributed by atoms with van der Waals surface area (Å²) in [6.45, 7) is 1.96. The first-order valence-corrected chi connectivity index (χ1v) is 29.1. The third-order valence-corrected chi connectivity index (χ3v) is 14.7. The van der Waals surface area contributed by atoms with Gasteiger partial charge in [-0.25, -0.2) is 0 Å². The van der Waals surface area contributed by atoms with E-state index < -0.39 is 79.5 Å². The number of aliphatic hydroxyl groups excluding tert-OH is 8. The predicted octanol–water partition coefficient (Wildman–Crippen LogP) is 10.1. The molecule has 70 heavy (non-hydrogen) atoms. The van der Waals surface area contributed by atoms with Crippen LogP contribution < -0.4 is 0 Å². The fourth-order valence-electron chi connectivity index (χ4n) is 9.93. The van der Waals surface area contributed by atoms with E-state index in [2.05, 4.69) is 6.92 Å². The first kappa shape index (κ1) is 64.7. The highest BCUT2D eigenvalue weighted by Gasteiger charge is 2.47. The van der Waals surface area contributed by atoms with Crippen LogP contribution in [-0.4, -0.2) is 127 Å². The Morgan fingerprint density at radius 3 is 1.14 bits per heavy atom. The average molecular weight is 1000 g/mol. The second kappa shape index (κ2) is 42.8. The maximum absolute atomic E-state index is 12.6. The molecule has 0 aromatic carbocycles. The highest BCUT2D eigenvalue weighted by molar-refractivity contribution is 5.69. The molecule has 8 N–H and O–H groups in total. The van der Waals surface area contributed by atoms with Crippen molar-refractivity contribution in [2.24, 2.45) is 0 Å². The summed E-state index contributed by atoms with van der Waals surface area (Å²) in [5, 5.41) is 80.7. The minimum absolute atomic E-state index is 0.162. The molecular formula is C56H106O14. The molecule has 414 valence electrons. The first-order valence-electron chi connectivity index (χ1n) is 29.1. The molecule has 2 saturated heterocycles. The molecule has 0 aliphatic carbocycles. The Kier molecular flexibility index (Phi) is 39.6. The zero-order valence-electron chi connectivity index (χ0n) is 44.1. The number of hydrogen-bond donors (Lipinski definition) is 8. The summed E-state index contributed by atoms with van der Waals surface area (Å²) in [5.74, 6) is -0.951. The molecular weight excluding hydrogens is 897 g/mol. The predicted molar refractivity (Wildman–Crippen MR) is 274 cm³/mol. The highest BCUT2D eigenvalue weighted by Crippen LogP contribution is 2.26. The van der Waals surface area contributed by atoms with Crippen LogP contribution >= 0.6 is 0 Å². The molecule has 11 atom stereocenters. The number of carbonyl (C=O) groups excluding carboxylic acids is 2. The zero-order valence-corrected chi connectivity index (χ0v) is 44.1. The lowest BCUT2D eigenvalue weighted by Crippen LogP contribution is -2.60. The Balaban J connectivity index is 1.35. The van der Waals surface area contributed by atoms with Crippen LogP contribution in [-0.2, 0) is 28.5 Å². The van der Waals surface area contributed by atoms with E-state index >= 15 is 0 Å². The van der Waals surface area contributed by atoms with Crippen LogP contribution in [0.3, 0.4) is 0 Å². The van der Waals surface area contributed by atoms with E-state index in [-0.39, 0.29) is 19.4 Å². The van der Waals surface area contributed by atoms with Crippen LogP contribution in [0.1, 0.15) is 270 Å². The van der Waals surface area contributed by atoms with E-state index in [0.717, 1.165) is 64.2 Å². The highest BCUT2D eigenvalue weighted by atomic mass is 16.7. The van der Waals surface area contributed by atoms with Gasteiger partial charge in [-0.05, 0) is 19.3 Å². The zero-order chi connectivity index (χ0) is 51.0. The number of hydrogen-bond acceptors (Lipinski definition) is 14. The average Bonchev–Trinajstić information content (AvgIpc) is 3.35. The van der Waals surface area contributed by atoms with Crippen LogP contribution in [0, 0.1) is 0 Å². The minimum atomic E-state index is -1.63. The molecule has 2 rings (SSSR count). The van der Waals surface area contributed by atoms with Crippen molar-refractivity contribution in [3.05, 3.63) is 0 Å². The molecule has 14 nitrogen and oxygen atoms in total. The van der Waals surface area contributed by atoms with Crippen molar-refractivity contribution < 1.29 is 69.4 Å². The lowest BCUT2D eigenvalue weighted by atomic mass is 9.93. The number of rotatable bonds is 46. The molecule has 2 fully saturated rings. The monoisotopic (exact) mass is 1000 g/mol. The van der Waals surface area contributed by atoms with E-state index in [0.29, 0.717) is 12.8 Å². The van der Waals surface area contributed by atoms with Gasteiger partial charge in [-0.2, -0.15) is 0 Å². The molecule has 2 aliphatic heterocycles. The van der Waals surface area contributed by atoms with Crippen LogP contribution in [0.5, 0.6) is 0 Å². The molecule has 0 radical (unpaired) electrons. The van der Waals surface area contributed by atoms with E-state index in [4.69, 9.17) is 18.9 Å². The Morgan fingerprint density at radius 2 is 0.743 bits per heavy atom. The SMILES string of the molecule is CCCCCCCCCCCCCCCCCCCCCC(=O)OC[C@H]1O[C@H](OC(=O)CCCCCCCCCCCCCCCCCCCCCC(O)[C@H]2O[C@H](O)[C@H](O)[C@@H](O)[C@@H]2O)[C@H](O)[C@@H](O)[C@@H]1O. The normalized spacial score (nSPS) is 25.3. The first-order chi connectivity index (χ1) is 34.0. The Bertz CT molecular complexity index is 1230. The van der Waals surface area contributed by atoms with Crippen molar-refractivity contribution >= 4 is 11.9 Å². The second-order valence-electron chi connectivity index (χ2n) is 21.1. The fraction of sp³-hybridized carbons (Fsp3) is 0.964. The van der Waals surface area contributed by atoms with E-state index in [1.54, 1.807) is 0 Å². The summed E-state index contributed by atoms with van der Waals surface area (Å²) in [5.41, 5.74) is 0. The van der Waals surface area contributed by atoms with E-state index in [1.165, 1.54) is 173 Å². The molecule has 0 aromatic heterocycles. The number of carbonyl (C=O) groups is 2. The van der Waals surface area contributed by atoms with E-state index in [1.807, 2.05) is 0 Å². The van der Waals surface area contributed by atoms with Crippen LogP contribution in [0.2, 0.25) is 0 Å². The number of aliphatic hydroxyl groups is 8. The van der Waals surface area contributed by atoms with Gasteiger partial charge in [0.1, 0.15) is 55.4 Å². The number of esters is 2. The van der Waals surface area contributed by atoms with Gasteiger partial charge < -0.3 is 59.8 Å². The summed E-state index contributed by atoms with van der Waals surface area (Å²) in [6, 6.07) is 0. The minimum Gasteiger partial charge on any atom is -0.463 e. The van der Waals surface area contributed by atoms with Crippen molar-refractivity contribution in [3.8, 4) is 0 Å². The maximum Gasteiger partial charge on any atom is 0.308 e. The largest absolute Gasteiger partial charge is 0.463 e. The number of unbranched alkanes of at least 4 members (excludes halogenated alkanes) is 36. The lowest BCUT2D eigenvalue weighted by Gasteiger charge is -2.40. The van der Waals surface area contributed by atoms with Gasteiger partial charge in [0.2, 0.25) is 6.29 Å². The van der Waals surface area contributed by atoms with Crippen molar-refractivity contribution in [2.75, 3.05) is 6.61 Å². The quantitative estimate of drug-likeness (QED) is 0.0210. The van der Waals surface area contributed by atoms with E-state index in [9.17, 15) is 50.4 Å². The third-order valence-electron chi connectivity index (χ3n) is 14.7. The molecule has 0 aromatic rings. The smallest absolute Gasteiger partial charge is 0.308 e. The molecule has 0 amide bonds. The van der Waals surface area contributed by atoms with Gasteiger partial charge in [0.15, 0.2) is 6.29 Å². The van der Waals surface area contributed by atoms with Crippen molar-refractivity contribution in [1.29, 1.82) is 0 Å². The second-order valence-corrected chi connectivity index (χ2v) is 21.1. The van der Waals surface area contributed by atoms with Crippen molar-refractivity contribution in [3.63, 3.8) is 0 Å². The van der Waals surface area contributed by atoms with Crippen LogP contribution in [0.4, 0.5) is 0 Å². The topological polar surface area (TPSA) is 233 Å². The Hall–Kier alpha value is -1.46. The molecule has 0 saturated carbocycles. The van der Waals surface area contributed by atoms with Gasteiger partial charge in [0.05, 0.1) is 6.10 Å². The van der Waals surface area contributed by atoms with Gasteiger partial charge in [-0.1, -0.05) is 238 Å². The molecule has 0 spiro atoms. The van der Waals surface area contributed by atoms with Gasteiger partial charge >= 0.3 is 11.9 Å². The Labute approximate surface area is 424 Å². The molecule has 0 bridgehead atoms. The summed E-state index contributed by atoms with van der Waals surface area (Å²) >= 11 is 0. The molecule has 2 aliphatic rings. The van der Waals surface area contributed by atoms with Crippen molar-refractivity contribution in [1.82, 2.24) is 0 Å². The van der Waals surface area contributed by atoms with Gasteiger partial charge in [-0.15, -0.1) is 0 Å². The van der Waals surface area contributed by atoms with Gasteiger partial charge in [0.25, 0.3) is 0 Å². The van der Waals surface area contributed by atoms with Crippen LogP contribution in [0.25, 0.3) is 0 Å². The molecule has 1 unspecified atom stereocenters. The molecule has 2 heterocycles. The summed E-state index contributed by atoms with van der Waals surface area (Å²) in [6.07, 6.45) is 30.9. The maximum atomic E-state index is 12.6. The fourth-order valence-corrected chi connectivity index (χ4v) is 9.93. The van der Waals surface area contributed by atoms with Crippen LogP contribution in [0.15, 0.2) is 0 Å². The standard InChI is InChI=1S/C56H106O14/c1-2-3-4-5-6-7-8-9-10-11-13-17-20-23-26-29-32-35-38-41-46(58)67-43-45-48(60)49(61)53(65)56(68-45)69-47(59)42-39-36-33-30-27-24-21-18-15-12-14-16-19-22-25-28-31-34-37-40-44(57)54-51(63)50(62)52(64)55(66)70-54/h44-45,48-57,60-66H,2-43H2,1H3/t44?,45-,48-,49+,50+,51+,52-,53-,54-,55+,56-/m1/s1. The summed E-state index contributed by atoms with van der Waals surface area (Å²) in [7, 11) is 0. The molecule has 14 heteroatoms. The third kappa shape index (κ3) is 30.7. The Morgan fingerprint density at radius 1 is 0.400 bits per heavy atom. The van der Waals surface area contributed by atoms with Gasteiger partial charge in [0, 0.05) is 12.8 Å². The van der Waals surface area contributed by atoms with Crippen molar-refractivity contribution in [2.45, 2.75) is 338 Å². The lowest BCUT2D eigenvalue weighted by molar-refractivity contribution is -0.297. The number of ether oxygens (including phenoxy) is 4.